The summed E-state index contributed by atoms with van der Waals surface area (Å²) in [5.74, 6) is -4.81. The van der Waals surface area contributed by atoms with Crippen LogP contribution in [0, 0.1) is 25.6 Å². The average Bonchev–Trinajstić information content (AvgIpc) is 2.92. The van der Waals surface area contributed by atoms with Crippen molar-refractivity contribution in [3.05, 3.63) is 46.5 Å². The lowest BCUT2D eigenvalue weighted by Crippen LogP contribution is -2.28. The summed E-state index contributed by atoms with van der Waals surface area (Å²) in [6.45, 7) is 3.88. The Morgan fingerprint density at radius 2 is 1.93 bits per heavy atom. The minimum Gasteiger partial charge on any atom is -0.366 e. The van der Waals surface area contributed by atoms with Crippen molar-refractivity contribution in [3.63, 3.8) is 0 Å². The molecule has 9 heteroatoms. The van der Waals surface area contributed by atoms with Crippen LogP contribution in [0.5, 0.6) is 0 Å². The molecule has 0 radical (unpaired) electrons. The lowest BCUT2D eigenvalue weighted by molar-refractivity contribution is -0.0477. The second-order valence-corrected chi connectivity index (χ2v) is 7.55. The van der Waals surface area contributed by atoms with Crippen molar-refractivity contribution in [1.29, 1.82) is 0 Å². The Morgan fingerprint density at radius 1 is 1.28 bits per heavy atom. The predicted molar refractivity (Wildman–Crippen MR) is 101 cm³/mol. The first-order valence-corrected chi connectivity index (χ1v) is 9.40. The van der Waals surface area contributed by atoms with E-state index in [4.69, 9.17) is 5.73 Å². The Balaban J connectivity index is 1.81. The summed E-state index contributed by atoms with van der Waals surface area (Å²) in [4.78, 5) is 24.2. The van der Waals surface area contributed by atoms with Crippen LogP contribution in [-0.2, 0) is 6.54 Å². The zero-order valence-corrected chi connectivity index (χ0v) is 16.3. The molecule has 0 atom stereocenters. The molecule has 0 bridgehead atoms. The maximum absolute atomic E-state index is 13.6. The van der Waals surface area contributed by atoms with Crippen LogP contribution in [0.1, 0.15) is 57.8 Å². The van der Waals surface area contributed by atoms with Crippen molar-refractivity contribution in [3.8, 4) is 0 Å². The van der Waals surface area contributed by atoms with Gasteiger partial charge in [0.2, 0.25) is 5.92 Å². The number of hydrogen-bond acceptors (Lipinski definition) is 3. The summed E-state index contributed by atoms with van der Waals surface area (Å²) in [6, 6.07) is 3.54. The summed E-state index contributed by atoms with van der Waals surface area (Å²) in [5, 5.41) is 7.03. The number of rotatable bonds is 5. The molecule has 6 nitrogen and oxygen atoms in total. The second kappa shape index (κ2) is 7.88. The quantitative estimate of drug-likeness (QED) is 0.788. The average molecular weight is 408 g/mol. The molecule has 0 aliphatic heterocycles. The third-order valence-electron chi connectivity index (χ3n) is 5.40. The van der Waals surface area contributed by atoms with E-state index in [1.807, 2.05) is 0 Å². The minimum absolute atomic E-state index is 0.00663. The minimum atomic E-state index is -2.62. The highest BCUT2D eigenvalue weighted by molar-refractivity contribution is 6.05. The molecule has 0 spiro atoms. The van der Waals surface area contributed by atoms with Crippen LogP contribution in [0.15, 0.2) is 18.2 Å². The zero-order chi connectivity index (χ0) is 21.3. The lowest BCUT2D eigenvalue weighted by Gasteiger charge is -2.28. The van der Waals surface area contributed by atoms with E-state index in [1.165, 1.54) is 12.1 Å². The van der Waals surface area contributed by atoms with E-state index >= 15 is 0 Å². The molecule has 1 aromatic heterocycles. The first-order chi connectivity index (χ1) is 13.6. The van der Waals surface area contributed by atoms with Crippen LogP contribution in [0.2, 0.25) is 0 Å². The number of hydrogen-bond donors (Lipinski definition) is 2. The summed E-state index contributed by atoms with van der Waals surface area (Å²) in [6.07, 6.45) is 0.408. The number of aryl methyl sites for hydroxylation is 1. The van der Waals surface area contributed by atoms with Gasteiger partial charge in [0.25, 0.3) is 11.8 Å². The molecule has 1 fully saturated rings. The summed E-state index contributed by atoms with van der Waals surface area (Å²) >= 11 is 0. The molecule has 2 aromatic rings. The van der Waals surface area contributed by atoms with Crippen molar-refractivity contribution in [2.75, 3.05) is 5.32 Å². The van der Waals surface area contributed by atoms with Gasteiger partial charge in [0.1, 0.15) is 11.5 Å². The van der Waals surface area contributed by atoms with Crippen LogP contribution >= 0.6 is 0 Å². The van der Waals surface area contributed by atoms with Crippen LogP contribution in [0.3, 0.4) is 0 Å². The van der Waals surface area contributed by atoms with Crippen molar-refractivity contribution in [2.45, 2.75) is 52.0 Å². The van der Waals surface area contributed by atoms with Gasteiger partial charge < -0.3 is 11.1 Å². The predicted octanol–water partition coefficient (Wildman–Crippen LogP) is 3.82. The van der Waals surface area contributed by atoms with Gasteiger partial charge in [-0.1, -0.05) is 0 Å². The summed E-state index contributed by atoms with van der Waals surface area (Å²) in [7, 11) is 0. The lowest BCUT2D eigenvalue weighted by atomic mass is 9.87. The van der Waals surface area contributed by atoms with Gasteiger partial charge in [0.05, 0.1) is 11.3 Å². The van der Waals surface area contributed by atoms with Crippen LogP contribution < -0.4 is 11.1 Å². The van der Waals surface area contributed by atoms with Gasteiger partial charge in [-0.15, -0.1) is 0 Å². The fraction of sp³-hybridized carbons (Fsp3) is 0.450. The Kier molecular flexibility index (Phi) is 5.68. The number of carbonyl (C=O) groups is 2. The smallest absolute Gasteiger partial charge is 0.274 e. The normalized spacial score (nSPS) is 16.6. The van der Waals surface area contributed by atoms with Gasteiger partial charge in [0, 0.05) is 30.6 Å². The van der Waals surface area contributed by atoms with Gasteiger partial charge >= 0.3 is 0 Å². The van der Waals surface area contributed by atoms with Crippen LogP contribution in [0.25, 0.3) is 0 Å². The Labute approximate surface area is 166 Å². The number of alkyl halides is 2. The van der Waals surface area contributed by atoms with E-state index in [0.717, 1.165) is 6.07 Å². The monoisotopic (exact) mass is 408 g/mol. The molecule has 1 aromatic carbocycles. The summed E-state index contributed by atoms with van der Waals surface area (Å²) < 4.78 is 42.0. The maximum Gasteiger partial charge on any atom is 0.274 e. The van der Waals surface area contributed by atoms with Gasteiger partial charge in [-0.3, -0.25) is 14.3 Å². The van der Waals surface area contributed by atoms with Gasteiger partial charge in [-0.25, -0.2) is 13.2 Å². The first kappa shape index (κ1) is 20.9. The number of aromatic nitrogens is 2. The number of nitrogens with two attached hydrogens (primary N) is 1. The number of benzene rings is 1. The van der Waals surface area contributed by atoms with Gasteiger partial charge in [-0.2, -0.15) is 5.10 Å². The Bertz CT molecular complexity index is 945. The first-order valence-electron chi connectivity index (χ1n) is 9.40. The van der Waals surface area contributed by atoms with E-state index in [0.29, 0.717) is 36.3 Å². The highest BCUT2D eigenvalue weighted by Crippen LogP contribution is 2.37. The van der Waals surface area contributed by atoms with E-state index in [2.05, 4.69) is 10.4 Å². The fourth-order valence-electron chi connectivity index (χ4n) is 3.60. The molecular weight excluding hydrogens is 385 g/mol. The molecule has 29 heavy (non-hydrogen) atoms. The summed E-state index contributed by atoms with van der Waals surface area (Å²) in [5.41, 5.74) is 6.67. The fourth-order valence-corrected chi connectivity index (χ4v) is 3.60. The molecule has 0 unspecified atom stereocenters. The topological polar surface area (TPSA) is 90.0 Å². The number of primary amides is 1. The largest absolute Gasteiger partial charge is 0.366 e. The van der Waals surface area contributed by atoms with Gasteiger partial charge in [0.15, 0.2) is 0 Å². The van der Waals surface area contributed by atoms with E-state index < -0.39 is 23.6 Å². The molecule has 1 saturated carbocycles. The van der Waals surface area contributed by atoms with Crippen molar-refractivity contribution in [1.82, 2.24) is 9.78 Å². The highest BCUT2D eigenvalue weighted by Gasteiger charge is 2.35. The third kappa shape index (κ3) is 4.60. The molecule has 3 N–H and O–H groups in total. The Hall–Kier alpha value is -2.84. The van der Waals surface area contributed by atoms with Crippen LogP contribution in [-0.4, -0.2) is 27.5 Å². The SMILES string of the molecule is Cc1nn(CC2CCC(F)(F)CC2)c(C(=O)Nc2ccc(F)c(C(N)=O)c2)c1C. The van der Waals surface area contributed by atoms with E-state index in [1.54, 1.807) is 18.5 Å². The zero-order valence-electron chi connectivity index (χ0n) is 16.3. The van der Waals surface area contributed by atoms with Crippen molar-refractivity contribution >= 4 is 17.5 Å². The number of carbonyl (C=O) groups excluding carboxylic acids is 2. The number of anilines is 1. The number of halogens is 3. The molecule has 156 valence electrons. The Morgan fingerprint density at radius 3 is 2.55 bits per heavy atom. The number of nitrogens with one attached hydrogen (secondary N) is 1. The maximum atomic E-state index is 13.6. The molecule has 1 aliphatic carbocycles. The van der Waals surface area contributed by atoms with E-state index in [9.17, 15) is 22.8 Å². The molecule has 1 aliphatic rings. The van der Waals surface area contributed by atoms with Gasteiger partial charge in [-0.05, 0) is 50.8 Å². The van der Waals surface area contributed by atoms with Crippen LogP contribution in [0.4, 0.5) is 18.9 Å². The van der Waals surface area contributed by atoms with Crippen molar-refractivity contribution in [2.24, 2.45) is 11.7 Å². The molecule has 1 heterocycles. The second-order valence-electron chi connectivity index (χ2n) is 7.55. The highest BCUT2D eigenvalue weighted by atomic mass is 19.3. The number of nitrogens with zero attached hydrogens (tertiary/aromatic N) is 2. The van der Waals surface area contributed by atoms with E-state index in [-0.39, 0.29) is 30.0 Å². The number of amides is 2. The molecule has 2 amide bonds. The standard InChI is InChI=1S/C20H23F3N4O2/c1-11-12(2)26-27(10-13-5-7-20(22,23)8-6-13)17(11)19(29)25-14-3-4-16(21)15(9-14)18(24)28/h3-4,9,13H,5-8,10H2,1-2H3,(H2,24,28)(H,25,29). The van der Waals surface area contributed by atoms with Crippen molar-refractivity contribution < 1.29 is 22.8 Å². The molecule has 3 rings (SSSR count). The molecule has 0 saturated heterocycles. The third-order valence-corrected chi connectivity index (χ3v) is 5.40. The molecular formula is C20H23F3N4O2.